The van der Waals surface area contributed by atoms with Crippen molar-refractivity contribution < 1.29 is 13.2 Å². The first-order valence-corrected chi connectivity index (χ1v) is 7.34. The molecule has 7 heteroatoms. The molecule has 0 bridgehead atoms. The van der Waals surface area contributed by atoms with Crippen LogP contribution in [-0.4, -0.2) is 18.6 Å². The molecule has 0 aliphatic rings. The summed E-state index contributed by atoms with van der Waals surface area (Å²) in [7, 11) is 1.73. The summed E-state index contributed by atoms with van der Waals surface area (Å²) < 4.78 is 38.9. The molecule has 0 saturated heterocycles. The Kier molecular flexibility index (Phi) is 4.72. The van der Waals surface area contributed by atoms with E-state index < -0.39 is 11.7 Å². The van der Waals surface area contributed by atoms with Crippen LogP contribution >= 0.6 is 11.3 Å². The van der Waals surface area contributed by atoms with Crippen LogP contribution in [0.5, 0.6) is 0 Å². The Bertz CT molecular complexity index is 582. The number of rotatable bonds is 5. The van der Waals surface area contributed by atoms with Crippen LogP contribution in [0.3, 0.4) is 0 Å². The standard InChI is InChI=1S/C14H16F3N3S/c1-3-18-12-7-10(14(15,16)17)8-13(19-12)20(2)9-11-5-4-6-21-11/h4-8H,3,9H2,1-2H3,(H,18,19). The summed E-state index contributed by atoms with van der Waals surface area (Å²) in [4.78, 5) is 7.02. The highest BCUT2D eigenvalue weighted by Crippen LogP contribution is 2.33. The molecule has 0 unspecified atom stereocenters. The average molecular weight is 315 g/mol. The number of alkyl halides is 3. The van der Waals surface area contributed by atoms with E-state index in [0.29, 0.717) is 18.9 Å². The lowest BCUT2D eigenvalue weighted by Crippen LogP contribution is -2.19. The van der Waals surface area contributed by atoms with Crippen molar-refractivity contribution in [3.63, 3.8) is 0 Å². The Hall–Kier alpha value is -1.76. The fourth-order valence-corrected chi connectivity index (χ4v) is 2.62. The normalized spacial score (nSPS) is 11.5. The first-order valence-electron chi connectivity index (χ1n) is 6.47. The summed E-state index contributed by atoms with van der Waals surface area (Å²) in [6.07, 6.45) is -4.38. The SMILES string of the molecule is CCNc1cc(C(F)(F)F)cc(N(C)Cc2cccs2)n1. The first kappa shape index (κ1) is 15.6. The lowest BCUT2D eigenvalue weighted by molar-refractivity contribution is -0.137. The molecular weight excluding hydrogens is 299 g/mol. The molecule has 0 fully saturated rings. The zero-order valence-electron chi connectivity index (χ0n) is 11.7. The van der Waals surface area contributed by atoms with Crippen LogP contribution in [0.15, 0.2) is 29.6 Å². The van der Waals surface area contributed by atoms with Crippen LogP contribution in [0.4, 0.5) is 24.8 Å². The highest BCUT2D eigenvalue weighted by atomic mass is 32.1. The molecule has 114 valence electrons. The molecule has 0 radical (unpaired) electrons. The van der Waals surface area contributed by atoms with Crippen LogP contribution in [0, 0.1) is 0 Å². The molecule has 0 atom stereocenters. The number of halogens is 3. The van der Waals surface area contributed by atoms with Gasteiger partial charge >= 0.3 is 6.18 Å². The number of nitrogens with zero attached hydrogens (tertiary/aromatic N) is 2. The molecule has 3 nitrogen and oxygen atoms in total. The predicted octanol–water partition coefficient (Wildman–Crippen LogP) is 4.23. The Morgan fingerprint density at radius 1 is 1.33 bits per heavy atom. The van der Waals surface area contributed by atoms with Gasteiger partial charge in [-0.05, 0) is 30.5 Å². The molecule has 21 heavy (non-hydrogen) atoms. The molecule has 1 N–H and O–H groups in total. The number of nitrogens with one attached hydrogen (secondary N) is 1. The zero-order chi connectivity index (χ0) is 15.5. The Morgan fingerprint density at radius 3 is 2.67 bits per heavy atom. The van der Waals surface area contributed by atoms with Gasteiger partial charge in [-0.25, -0.2) is 4.98 Å². The van der Waals surface area contributed by atoms with Gasteiger partial charge in [0.25, 0.3) is 0 Å². The molecule has 0 aliphatic heterocycles. The summed E-state index contributed by atoms with van der Waals surface area (Å²) in [6, 6.07) is 5.97. The van der Waals surface area contributed by atoms with Crippen molar-refractivity contribution in [3.05, 3.63) is 40.1 Å². The Labute approximate surface area is 125 Å². The monoisotopic (exact) mass is 315 g/mol. The molecule has 2 rings (SSSR count). The molecule has 0 aromatic carbocycles. The first-order chi connectivity index (χ1) is 9.90. The molecule has 0 spiro atoms. The maximum Gasteiger partial charge on any atom is 0.416 e. The average Bonchev–Trinajstić information content (AvgIpc) is 2.90. The lowest BCUT2D eigenvalue weighted by Gasteiger charge is -2.20. The molecular formula is C14H16F3N3S. The minimum Gasteiger partial charge on any atom is -0.370 e. The molecule has 2 aromatic rings. The van der Waals surface area contributed by atoms with Crippen LogP contribution in [0.1, 0.15) is 17.4 Å². The highest BCUT2D eigenvalue weighted by Gasteiger charge is 2.32. The second kappa shape index (κ2) is 6.34. The summed E-state index contributed by atoms with van der Waals surface area (Å²) in [6.45, 7) is 2.86. The fraction of sp³-hybridized carbons (Fsp3) is 0.357. The van der Waals surface area contributed by atoms with E-state index in [1.807, 2.05) is 24.4 Å². The molecule has 2 aromatic heterocycles. The van der Waals surface area contributed by atoms with Crippen LogP contribution in [-0.2, 0) is 12.7 Å². The van der Waals surface area contributed by atoms with E-state index in [0.717, 1.165) is 17.0 Å². The van der Waals surface area contributed by atoms with Crippen molar-refractivity contribution in [3.8, 4) is 0 Å². The Morgan fingerprint density at radius 2 is 2.10 bits per heavy atom. The molecule has 0 aliphatic carbocycles. The molecule has 0 saturated carbocycles. The largest absolute Gasteiger partial charge is 0.416 e. The van der Waals surface area contributed by atoms with Gasteiger partial charge in [0.2, 0.25) is 0 Å². The van der Waals surface area contributed by atoms with Gasteiger partial charge in [0.15, 0.2) is 0 Å². The number of aromatic nitrogens is 1. The second-order valence-corrected chi connectivity index (χ2v) is 5.60. The van der Waals surface area contributed by atoms with Crippen molar-refractivity contribution in [2.75, 3.05) is 23.8 Å². The molecule has 0 amide bonds. The number of thiophene rings is 1. The van der Waals surface area contributed by atoms with Gasteiger partial charge in [0.1, 0.15) is 11.6 Å². The van der Waals surface area contributed by atoms with E-state index in [1.54, 1.807) is 23.3 Å². The van der Waals surface area contributed by atoms with Gasteiger partial charge in [-0.2, -0.15) is 13.2 Å². The van der Waals surface area contributed by atoms with Gasteiger partial charge in [-0.15, -0.1) is 11.3 Å². The van der Waals surface area contributed by atoms with Gasteiger partial charge in [-0.1, -0.05) is 6.07 Å². The van der Waals surface area contributed by atoms with E-state index >= 15 is 0 Å². The third-order valence-corrected chi connectivity index (χ3v) is 3.72. The van der Waals surface area contributed by atoms with Crippen molar-refractivity contribution in [2.24, 2.45) is 0 Å². The van der Waals surface area contributed by atoms with Crippen molar-refractivity contribution in [1.82, 2.24) is 4.98 Å². The molecule has 2 heterocycles. The highest BCUT2D eigenvalue weighted by molar-refractivity contribution is 7.09. The minimum absolute atomic E-state index is 0.236. The number of hydrogen-bond donors (Lipinski definition) is 1. The summed E-state index contributed by atoms with van der Waals surface area (Å²) >= 11 is 1.56. The summed E-state index contributed by atoms with van der Waals surface area (Å²) in [5.74, 6) is 0.537. The van der Waals surface area contributed by atoms with Crippen molar-refractivity contribution in [1.29, 1.82) is 0 Å². The predicted molar refractivity (Wildman–Crippen MR) is 79.8 cm³/mol. The van der Waals surface area contributed by atoms with Crippen molar-refractivity contribution >= 4 is 23.0 Å². The maximum absolute atomic E-state index is 13.0. The lowest BCUT2D eigenvalue weighted by atomic mass is 10.2. The summed E-state index contributed by atoms with van der Waals surface area (Å²) in [5.41, 5.74) is -0.693. The van der Waals surface area contributed by atoms with Gasteiger partial charge in [0, 0.05) is 18.5 Å². The van der Waals surface area contributed by atoms with E-state index in [2.05, 4.69) is 10.3 Å². The second-order valence-electron chi connectivity index (χ2n) is 4.56. The van der Waals surface area contributed by atoms with Crippen LogP contribution in [0.2, 0.25) is 0 Å². The van der Waals surface area contributed by atoms with E-state index in [1.165, 1.54) is 0 Å². The number of pyridine rings is 1. The number of hydrogen-bond acceptors (Lipinski definition) is 4. The van der Waals surface area contributed by atoms with E-state index in [-0.39, 0.29) is 5.82 Å². The van der Waals surface area contributed by atoms with E-state index in [9.17, 15) is 13.2 Å². The zero-order valence-corrected chi connectivity index (χ0v) is 12.6. The fourth-order valence-electron chi connectivity index (χ4n) is 1.86. The summed E-state index contributed by atoms with van der Waals surface area (Å²) in [5, 5.41) is 4.78. The Balaban J connectivity index is 2.30. The minimum atomic E-state index is -4.38. The number of anilines is 2. The van der Waals surface area contributed by atoms with Gasteiger partial charge < -0.3 is 10.2 Å². The van der Waals surface area contributed by atoms with Crippen LogP contribution in [0.25, 0.3) is 0 Å². The topological polar surface area (TPSA) is 28.2 Å². The third kappa shape index (κ3) is 4.10. The van der Waals surface area contributed by atoms with E-state index in [4.69, 9.17) is 0 Å². The smallest absolute Gasteiger partial charge is 0.370 e. The van der Waals surface area contributed by atoms with Crippen LogP contribution < -0.4 is 10.2 Å². The van der Waals surface area contributed by atoms with Gasteiger partial charge in [0.05, 0.1) is 12.1 Å². The van der Waals surface area contributed by atoms with Crippen molar-refractivity contribution in [2.45, 2.75) is 19.6 Å². The quantitative estimate of drug-likeness (QED) is 0.895. The van der Waals surface area contributed by atoms with Gasteiger partial charge in [-0.3, -0.25) is 0 Å². The maximum atomic E-state index is 13.0. The third-order valence-electron chi connectivity index (χ3n) is 2.86.